The SMILES string of the molecule is CC(=O)CC(COc1ccc(C#N)cc1-c1ccc(=O)[nH]n1)OC(C)=O.CC(C)(C)N. The smallest absolute Gasteiger partial charge is 0.303 e. The molecule has 2 rings (SSSR count). The van der Waals surface area contributed by atoms with Gasteiger partial charge in [0.25, 0.3) is 5.56 Å². The molecule has 1 atom stereocenters. The normalized spacial score (nSPS) is 11.4. The van der Waals surface area contributed by atoms with Gasteiger partial charge in [0.05, 0.1) is 17.3 Å². The molecule has 9 nitrogen and oxygen atoms in total. The van der Waals surface area contributed by atoms with E-state index in [2.05, 4.69) is 10.2 Å². The minimum atomic E-state index is -0.725. The molecule has 3 N–H and O–H groups in total. The summed E-state index contributed by atoms with van der Waals surface area (Å²) in [5.74, 6) is -0.270. The molecule has 166 valence electrons. The van der Waals surface area contributed by atoms with Gasteiger partial charge >= 0.3 is 5.97 Å². The largest absolute Gasteiger partial charge is 0.489 e. The van der Waals surface area contributed by atoms with Crippen molar-refractivity contribution in [2.24, 2.45) is 5.73 Å². The number of ketones is 1. The number of nitrogens with two attached hydrogens (primary N) is 1. The van der Waals surface area contributed by atoms with Crippen molar-refractivity contribution in [2.75, 3.05) is 6.61 Å². The lowest BCUT2D eigenvalue weighted by atomic mass is 10.1. The van der Waals surface area contributed by atoms with Gasteiger partial charge in [-0.3, -0.25) is 14.4 Å². The third-order valence-corrected chi connectivity index (χ3v) is 3.34. The van der Waals surface area contributed by atoms with E-state index in [-0.39, 0.29) is 29.9 Å². The number of H-pyrrole nitrogens is 1. The molecule has 0 spiro atoms. The Balaban J connectivity index is 0.000000861. The summed E-state index contributed by atoms with van der Waals surface area (Å²) in [7, 11) is 0. The second kappa shape index (κ2) is 11.6. The van der Waals surface area contributed by atoms with Crippen molar-refractivity contribution in [3.05, 3.63) is 46.2 Å². The number of hydrogen-bond acceptors (Lipinski definition) is 8. The van der Waals surface area contributed by atoms with Gasteiger partial charge in [-0.25, -0.2) is 5.10 Å². The number of carbonyl (C=O) groups is 2. The van der Waals surface area contributed by atoms with Crippen molar-refractivity contribution in [1.29, 1.82) is 5.26 Å². The van der Waals surface area contributed by atoms with Crippen LogP contribution in [0, 0.1) is 11.3 Å². The van der Waals surface area contributed by atoms with Crippen LogP contribution in [0.5, 0.6) is 5.75 Å². The molecule has 0 saturated heterocycles. The highest BCUT2D eigenvalue weighted by Gasteiger charge is 2.17. The lowest BCUT2D eigenvalue weighted by Gasteiger charge is -2.18. The fraction of sp³-hybridized carbons (Fsp3) is 0.409. The summed E-state index contributed by atoms with van der Waals surface area (Å²) in [4.78, 5) is 33.7. The molecule has 0 fully saturated rings. The highest BCUT2D eigenvalue weighted by atomic mass is 16.6. The van der Waals surface area contributed by atoms with E-state index in [1.54, 1.807) is 18.2 Å². The molecule has 0 aliphatic heterocycles. The highest BCUT2D eigenvalue weighted by Crippen LogP contribution is 2.29. The number of esters is 1. The number of Topliss-reactive ketones (excluding diaryl/α,β-unsaturated/α-hetero) is 1. The molecule has 0 aliphatic rings. The first-order valence-corrected chi connectivity index (χ1v) is 9.57. The molecule has 0 saturated carbocycles. The Bertz CT molecular complexity index is 960. The van der Waals surface area contributed by atoms with Gasteiger partial charge in [-0.15, -0.1) is 0 Å². The number of aromatic amines is 1. The van der Waals surface area contributed by atoms with E-state index in [9.17, 15) is 14.4 Å². The maximum atomic E-state index is 11.3. The molecule has 0 bridgehead atoms. The van der Waals surface area contributed by atoms with Crippen molar-refractivity contribution in [3.8, 4) is 23.1 Å². The molecule has 0 aliphatic carbocycles. The number of benzene rings is 1. The van der Waals surface area contributed by atoms with Crippen LogP contribution in [0.1, 0.15) is 46.6 Å². The summed E-state index contributed by atoms with van der Waals surface area (Å²) in [6.07, 6.45) is -0.695. The number of hydrogen-bond donors (Lipinski definition) is 2. The number of ether oxygens (including phenoxy) is 2. The van der Waals surface area contributed by atoms with E-state index in [0.29, 0.717) is 22.6 Å². The van der Waals surface area contributed by atoms with Gasteiger partial charge in [0.1, 0.15) is 24.2 Å². The van der Waals surface area contributed by atoms with Crippen molar-refractivity contribution < 1.29 is 19.1 Å². The summed E-state index contributed by atoms with van der Waals surface area (Å²) < 4.78 is 10.8. The summed E-state index contributed by atoms with van der Waals surface area (Å²) in [6.45, 7) is 8.51. The zero-order valence-electron chi connectivity index (χ0n) is 18.4. The monoisotopic (exact) mass is 428 g/mol. The molecule has 1 unspecified atom stereocenters. The third-order valence-electron chi connectivity index (χ3n) is 3.34. The third kappa shape index (κ3) is 10.7. The minimum Gasteiger partial charge on any atom is -0.489 e. The Hall–Kier alpha value is -3.51. The van der Waals surface area contributed by atoms with Crippen LogP contribution in [-0.4, -0.2) is 40.2 Å². The summed E-state index contributed by atoms with van der Waals surface area (Å²) in [5, 5.41) is 15.4. The number of nitrogens with zero attached hydrogens (tertiary/aromatic N) is 2. The summed E-state index contributed by atoms with van der Waals surface area (Å²) >= 11 is 0. The standard InChI is InChI=1S/C18H17N3O5.C4H11N/c1-11(22)7-14(26-12(2)23)10-25-17-5-3-13(9-19)8-15(17)16-4-6-18(24)21-20-16;1-4(2,3)5/h3-6,8,14H,7,10H2,1-2H3,(H,21,24);5H2,1-3H3. The highest BCUT2D eigenvalue weighted by molar-refractivity contribution is 5.76. The Morgan fingerprint density at radius 1 is 1.23 bits per heavy atom. The van der Waals surface area contributed by atoms with Crippen LogP contribution in [0.15, 0.2) is 35.1 Å². The van der Waals surface area contributed by atoms with Gasteiger partial charge in [0.2, 0.25) is 0 Å². The molecular weight excluding hydrogens is 400 g/mol. The first kappa shape index (κ1) is 25.5. The van der Waals surface area contributed by atoms with Gasteiger partial charge in [-0.2, -0.15) is 10.4 Å². The van der Waals surface area contributed by atoms with Crippen LogP contribution >= 0.6 is 0 Å². The molecular formula is C22H28N4O5. The average Bonchev–Trinajstić information content (AvgIpc) is 2.64. The Morgan fingerprint density at radius 3 is 2.35 bits per heavy atom. The first-order chi connectivity index (χ1) is 14.4. The zero-order chi connectivity index (χ0) is 23.6. The lowest BCUT2D eigenvalue weighted by molar-refractivity contribution is -0.149. The molecule has 1 aromatic carbocycles. The van der Waals surface area contributed by atoms with Crippen LogP contribution in [-0.2, 0) is 14.3 Å². The maximum absolute atomic E-state index is 11.3. The lowest BCUT2D eigenvalue weighted by Crippen LogP contribution is -2.26. The summed E-state index contributed by atoms with van der Waals surface area (Å²) in [6, 6.07) is 9.55. The molecule has 1 aromatic heterocycles. The second-order valence-corrected chi connectivity index (χ2v) is 7.94. The fourth-order valence-electron chi connectivity index (χ4n) is 2.29. The van der Waals surface area contributed by atoms with E-state index in [1.807, 2.05) is 26.8 Å². The molecule has 2 aromatic rings. The predicted molar refractivity (Wildman–Crippen MR) is 115 cm³/mol. The minimum absolute atomic E-state index is 0. The maximum Gasteiger partial charge on any atom is 0.303 e. The van der Waals surface area contributed by atoms with E-state index in [1.165, 1.54) is 26.0 Å². The molecule has 0 radical (unpaired) electrons. The number of nitriles is 1. The van der Waals surface area contributed by atoms with Crippen molar-refractivity contribution in [1.82, 2.24) is 10.2 Å². The predicted octanol–water partition coefficient (Wildman–Crippen LogP) is 2.34. The van der Waals surface area contributed by atoms with Crippen LogP contribution in [0.2, 0.25) is 0 Å². The van der Waals surface area contributed by atoms with Crippen LogP contribution in [0.3, 0.4) is 0 Å². The fourth-order valence-corrected chi connectivity index (χ4v) is 2.29. The molecule has 9 heteroatoms. The van der Waals surface area contributed by atoms with Gasteiger partial charge in [0, 0.05) is 30.5 Å². The Morgan fingerprint density at radius 2 is 1.87 bits per heavy atom. The molecule has 0 amide bonds. The second-order valence-electron chi connectivity index (χ2n) is 7.94. The average molecular weight is 428 g/mol. The quantitative estimate of drug-likeness (QED) is 0.638. The van der Waals surface area contributed by atoms with E-state index in [4.69, 9.17) is 20.5 Å². The van der Waals surface area contributed by atoms with Crippen molar-refractivity contribution >= 4 is 11.8 Å². The number of nitrogens with one attached hydrogen (secondary N) is 1. The van der Waals surface area contributed by atoms with Gasteiger partial charge < -0.3 is 15.2 Å². The van der Waals surface area contributed by atoms with Gasteiger partial charge in [-0.1, -0.05) is 0 Å². The zero-order valence-corrected chi connectivity index (χ0v) is 18.4. The van der Waals surface area contributed by atoms with E-state index in [0.717, 1.165) is 0 Å². The summed E-state index contributed by atoms with van der Waals surface area (Å²) in [5.41, 5.74) is 6.29. The molecule has 31 heavy (non-hydrogen) atoms. The van der Waals surface area contributed by atoms with Crippen LogP contribution in [0.4, 0.5) is 0 Å². The van der Waals surface area contributed by atoms with E-state index >= 15 is 0 Å². The first-order valence-electron chi connectivity index (χ1n) is 9.57. The molecule has 1 heterocycles. The van der Waals surface area contributed by atoms with Crippen molar-refractivity contribution in [3.63, 3.8) is 0 Å². The van der Waals surface area contributed by atoms with Gasteiger partial charge in [-0.05, 0) is 52.0 Å². The Kier molecular flexibility index (Phi) is 9.57. The van der Waals surface area contributed by atoms with Crippen LogP contribution < -0.4 is 16.0 Å². The van der Waals surface area contributed by atoms with E-state index < -0.39 is 12.1 Å². The Labute approximate surface area is 181 Å². The number of aromatic nitrogens is 2. The number of carbonyl (C=O) groups excluding carboxylic acids is 2. The van der Waals surface area contributed by atoms with Crippen molar-refractivity contribution in [2.45, 2.75) is 52.7 Å². The number of rotatable bonds is 7. The van der Waals surface area contributed by atoms with Crippen LogP contribution in [0.25, 0.3) is 11.3 Å². The topological polar surface area (TPSA) is 148 Å². The van der Waals surface area contributed by atoms with Gasteiger partial charge in [0.15, 0.2) is 0 Å².